The van der Waals surface area contributed by atoms with E-state index < -0.39 is 112 Å². The number of methoxy groups -OCH3 is 3. The second-order valence-electron chi connectivity index (χ2n) is 22.0. The molecule has 0 aliphatic carbocycles. The van der Waals surface area contributed by atoms with E-state index in [9.17, 15) is 29.9 Å². The number of aliphatic hydroxyl groups excluding tert-OH is 2. The van der Waals surface area contributed by atoms with E-state index in [0.717, 1.165) is 24.3 Å². The molecule has 420 valence electrons. The first-order chi connectivity index (χ1) is 34.9. The molecule has 21 heteroatoms. The number of halogens is 2. The van der Waals surface area contributed by atoms with Crippen LogP contribution in [0.25, 0.3) is 0 Å². The average molecular weight is 1160 g/mol. The minimum Gasteiger partial charge on any atom is -0.448 e. The third-order valence-electron chi connectivity index (χ3n) is 16.5. The second-order valence-corrected chi connectivity index (χ2v) is 23.2. The van der Waals surface area contributed by atoms with Gasteiger partial charge in [-0.05, 0) is 108 Å². The maximum Gasteiger partial charge on any atom is 0.312 e. The van der Waals surface area contributed by atoms with Crippen molar-refractivity contribution in [3.05, 3.63) is 41.7 Å². The minimum atomic E-state index is -1.93. The summed E-state index contributed by atoms with van der Waals surface area (Å²) in [6, 6.07) is 7.30. The van der Waals surface area contributed by atoms with Gasteiger partial charge in [-0.25, -0.2) is 9.07 Å². The van der Waals surface area contributed by atoms with Crippen molar-refractivity contribution in [2.45, 2.75) is 183 Å². The van der Waals surface area contributed by atoms with Crippen LogP contribution in [0.15, 0.2) is 30.5 Å². The van der Waals surface area contributed by atoms with Crippen molar-refractivity contribution in [2.75, 3.05) is 72.8 Å². The molecule has 19 atom stereocenters. The van der Waals surface area contributed by atoms with Crippen molar-refractivity contribution in [1.29, 1.82) is 5.41 Å². The molecule has 5 heterocycles. The fraction of sp³-hybridized carbons (Fsp3) is 0.811. The number of anilines is 1. The summed E-state index contributed by atoms with van der Waals surface area (Å²) >= 11 is 1.81. The van der Waals surface area contributed by atoms with Crippen LogP contribution in [0.4, 0.5) is 10.1 Å². The smallest absolute Gasteiger partial charge is 0.312 e. The first-order valence-corrected chi connectivity index (χ1v) is 27.5. The van der Waals surface area contributed by atoms with Crippen LogP contribution in [0.3, 0.4) is 0 Å². The van der Waals surface area contributed by atoms with Crippen LogP contribution >= 0.6 is 22.6 Å². The number of hydrogen-bond donors (Lipinski definition) is 4. The Kier molecular flexibility index (Phi) is 21.3. The Hall–Kier alpha value is -2.52. The van der Waals surface area contributed by atoms with Gasteiger partial charge in [0, 0.05) is 95.7 Å². The number of alkyl halides is 2. The number of rotatable bonds is 16. The number of carbonyl (C=O) groups excluding carboxylic acids is 1. The summed E-state index contributed by atoms with van der Waals surface area (Å²) in [6.45, 7) is 18.9. The molecule has 4 aliphatic rings. The van der Waals surface area contributed by atoms with Crippen LogP contribution in [-0.2, 0) is 53.8 Å². The number of likely N-dealkylation sites (N-methyl/N-ethyl adjacent to an activating group) is 1. The Morgan fingerprint density at radius 2 is 1.58 bits per heavy atom. The van der Waals surface area contributed by atoms with Gasteiger partial charge in [0.1, 0.15) is 30.5 Å². The molecule has 0 amide bonds. The molecule has 0 bridgehead atoms. The zero-order valence-electron chi connectivity index (χ0n) is 45.8. The van der Waals surface area contributed by atoms with Crippen molar-refractivity contribution in [3.8, 4) is 0 Å². The van der Waals surface area contributed by atoms with Crippen LogP contribution in [0.5, 0.6) is 0 Å². The van der Waals surface area contributed by atoms with Gasteiger partial charge in [0.05, 0.1) is 66.5 Å². The molecule has 0 saturated carbocycles. The summed E-state index contributed by atoms with van der Waals surface area (Å²) in [5, 5.41) is 52.5. The molecule has 19 nitrogen and oxygen atoms in total. The summed E-state index contributed by atoms with van der Waals surface area (Å²) in [5.74, 6) is -3.64. The maximum absolute atomic E-state index is 14.9. The molecule has 4 fully saturated rings. The zero-order chi connectivity index (χ0) is 54.4. The number of cyclic esters (lactones) is 1. The first-order valence-electron chi connectivity index (χ1n) is 26.3. The van der Waals surface area contributed by atoms with E-state index in [1.807, 2.05) is 81.6 Å². The molecule has 0 radical (unpaired) electrons. The number of aromatic nitrogens is 3. The third-order valence-corrected chi connectivity index (χ3v) is 18.1. The lowest BCUT2D eigenvalue weighted by atomic mass is 9.74. The minimum absolute atomic E-state index is 0.00246. The summed E-state index contributed by atoms with van der Waals surface area (Å²) in [6.07, 6.45) is -3.52. The highest BCUT2D eigenvalue weighted by atomic mass is 127. The Balaban J connectivity index is 1.23. The summed E-state index contributed by atoms with van der Waals surface area (Å²) in [4.78, 5) is 18.9. The van der Waals surface area contributed by atoms with Gasteiger partial charge in [-0.3, -0.25) is 4.79 Å². The molecule has 1 aromatic heterocycles. The van der Waals surface area contributed by atoms with Gasteiger partial charge < -0.3 is 73.2 Å². The van der Waals surface area contributed by atoms with E-state index in [2.05, 4.69) is 20.1 Å². The number of nitrogens with zero attached hydrogens (tertiary/aromatic N) is 5. The SMILES string of the molecule is CO[C@H](c1ccc(N2CCOCC2)cc1)[C@@H](CF)n1cc(CCN(C)[C@@H]2C[C@H](O[C@@H]3[C@@H](C)[C@H](O[C@H]4C[C@@](C)(OC)[C@@H](O)[C@H](C)O4)[C@@H](C)C(=O)O[C@H](I)[C@@](C)(O)[C@H](O)[C@@H](C)C(=N)[C@H](C)C[C@@]3(C)OC)O[C@H](C)C2)nn1. The van der Waals surface area contributed by atoms with Gasteiger partial charge in [0.2, 0.25) is 0 Å². The lowest BCUT2D eigenvalue weighted by Crippen LogP contribution is -2.60. The highest BCUT2D eigenvalue weighted by Crippen LogP contribution is 2.42. The van der Waals surface area contributed by atoms with E-state index >= 15 is 0 Å². The summed E-state index contributed by atoms with van der Waals surface area (Å²) in [5.41, 5.74) is -1.30. The number of nitrogens with one attached hydrogen (secondary N) is 1. The molecule has 0 spiro atoms. The van der Waals surface area contributed by atoms with E-state index in [1.54, 1.807) is 52.8 Å². The van der Waals surface area contributed by atoms with Crippen molar-refractivity contribution >= 4 is 40.0 Å². The van der Waals surface area contributed by atoms with E-state index in [-0.39, 0.29) is 30.7 Å². The lowest BCUT2D eigenvalue weighted by molar-refractivity contribution is -0.309. The van der Waals surface area contributed by atoms with Crippen molar-refractivity contribution in [2.24, 2.45) is 23.7 Å². The molecule has 6 rings (SSSR count). The van der Waals surface area contributed by atoms with Crippen LogP contribution in [0, 0.1) is 29.1 Å². The molecule has 4 aliphatic heterocycles. The standard InChI is InChI=1S/C53H86FIN6O13/c1-30-26-52(8,68-13)48(33(4)44(72-42-27-51(7,67-12)47(63)35(6)71-42)34(5)49(64)74-50(55)53(9,65)46(62)32(3)43(30)56)73-41-25-39(24-31(2)70-41)59(10)19-18-37-29-61(58-57-37)40(28-54)45(66-11)36-14-16-38(17-15-36)60-20-22-69-23-21-60/h14-17,29-35,39-42,44-48,50,56,62-63,65H,18-28H2,1-13H3/t30-,31-,32+,33+,34-,35+,39+,40-,41+,42+,44+,45-,46-,47+,48-,50+,51-,52-,53+/m1/s1. The van der Waals surface area contributed by atoms with Gasteiger partial charge >= 0.3 is 5.97 Å². The first kappa shape index (κ1) is 60.7. The van der Waals surface area contributed by atoms with Gasteiger partial charge in [0.15, 0.2) is 16.7 Å². The number of benzene rings is 1. The molecule has 0 unspecified atom stereocenters. The molecule has 2 aromatic rings. The third kappa shape index (κ3) is 13.8. The van der Waals surface area contributed by atoms with Crippen molar-refractivity contribution < 1.29 is 67.1 Å². The van der Waals surface area contributed by atoms with Crippen LogP contribution < -0.4 is 4.90 Å². The highest BCUT2D eigenvalue weighted by molar-refractivity contribution is 14.1. The number of morpholine rings is 1. The number of aliphatic hydroxyl groups is 3. The number of hydrogen-bond acceptors (Lipinski definition) is 18. The van der Waals surface area contributed by atoms with Gasteiger partial charge in [-0.2, -0.15) is 0 Å². The quantitative estimate of drug-likeness (QED) is 0.0881. The Morgan fingerprint density at radius 1 is 0.919 bits per heavy atom. The monoisotopic (exact) mass is 1160 g/mol. The normalized spacial score (nSPS) is 39.1. The Morgan fingerprint density at radius 3 is 2.20 bits per heavy atom. The number of carbonyl (C=O) groups is 1. The van der Waals surface area contributed by atoms with Crippen LogP contribution in [0.2, 0.25) is 0 Å². The number of esters is 1. The summed E-state index contributed by atoms with van der Waals surface area (Å²) in [7, 11) is 6.73. The van der Waals surface area contributed by atoms with Crippen LogP contribution in [0.1, 0.15) is 111 Å². The number of ether oxygens (including phenoxy) is 9. The summed E-state index contributed by atoms with van der Waals surface area (Å²) < 4.78 is 71.9. The van der Waals surface area contributed by atoms with Gasteiger partial charge in [-0.15, -0.1) is 5.10 Å². The van der Waals surface area contributed by atoms with E-state index in [4.69, 9.17) is 42.6 Å². The lowest BCUT2D eigenvalue weighted by Gasteiger charge is -2.49. The van der Waals surface area contributed by atoms with E-state index in [0.29, 0.717) is 44.7 Å². The topological polar surface area (TPSA) is 222 Å². The second kappa shape index (κ2) is 26.0. The van der Waals surface area contributed by atoms with Crippen molar-refractivity contribution in [3.63, 3.8) is 0 Å². The molecule has 4 saturated heterocycles. The predicted molar refractivity (Wildman–Crippen MR) is 283 cm³/mol. The fourth-order valence-corrected chi connectivity index (χ4v) is 12.1. The molecule has 4 N–H and O–H groups in total. The Bertz CT molecular complexity index is 2110. The molecular formula is C53H86FIN6O13. The maximum atomic E-state index is 14.9. The highest BCUT2D eigenvalue weighted by Gasteiger charge is 2.53. The largest absolute Gasteiger partial charge is 0.448 e. The fourth-order valence-electron chi connectivity index (χ4n) is 11.5. The van der Waals surface area contributed by atoms with Gasteiger partial charge in [-0.1, -0.05) is 38.1 Å². The van der Waals surface area contributed by atoms with Gasteiger partial charge in [0.25, 0.3) is 0 Å². The predicted octanol–water partition coefficient (Wildman–Crippen LogP) is 5.84. The van der Waals surface area contributed by atoms with E-state index in [1.165, 1.54) is 14.0 Å². The zero-order valence-corrected chi connectivity index (χ0v) is 48.0. The molecule has 74 heavy (non-hydrogen) atoms. The van der Waals surface area contributed by atoms with Crippen molar-refractivity contribution in [1.82, 2.24) is 19.9 Å². The van der Waals surface area contributed by atoms with Crippen LogP contribution in [-0.4, -0.2) is 191 Å². The Labute approximate surface area is 451 Å². The molecular weight excluding hydrogens is 1070 g/mol. The molecule has 1 aromatic carbocycles. The average Bonchev–Trinajstić information content (AvgIpc) is 3.86.